The van der Waals surface area contributed by atoms with Gasteiger partial charge in [0.1, 0.15) is 5.75 Å². The monoisotopic (exact) mass is 470 g/mol. The first-order valence-electron chi connectivity index (χ1n) is 6.89. The van der Waals surface area contributed by atoms with Crippen LogP contribution in [-0.2, 0) is 9.84 Å². The van der Waals surface area contributed by atoms with Gasteiger partial charge in [-0.15, -0.1) is 0 Å². The van der Waals surface area contributed by atoms with Gasteiger partial charge in [-0.2, -0.15) is 0 Å². The first kappa shape index (κ1) is 17.3. The Bertz CT molecular complexity index is 1040. The van der Waals surface area contributed by atoms with E-state index in [4.69, 9.17) is 0 Å². The van der Waals surface area contributed by atoms with Gasteiger partial charge in [0.15, 0.2) is 15.6 Å². The number of H-pyrrole nitrogens is 1. The molecular weight excluding hydrogens is 460 g/mol. The molecule has 2 aromatic heterocycles. The topological polar surface area (TPSA) is 79.9 Å². The summed E-state index contributed by atoms with van der Waals surface area (Å²) in [7, 11) is -3.44. The third-order valence-electron chi connectivity index (χ3n) is 3.41. The van der Waals surface area contributed by atoms with Crippen LogP contribution in [0.3, 0.4) is 0 Å². The molecule has 0 unspecified atom stereocenters. The van der Waals surface area contributed by atoms with E-state index in [1.807, 2.05) is 18.2 Å². The predicted octanol–water partition coefficient (Wildman–Crippen LogP) is 3.98. The molecule has 1 aromatic carbocycles. The lowest BCUT2D eigenvalue weighted by Crippen LogP contribution is -2.15. The second-order valence-electron chi connectivity index (χ2n) is 5.39. The van der Waals surface area contributed by atoms with Gasteiger partial charge >= 0.3 is 0 Å². The molecule has 8 heteroatoms. The Labute approximate surface area is 155 Å². The zero-order valence-corrected chi connectivity index (χ0v) is 16.5. The summed E-state index contributed by atoms with van der Waals surface area (Å²) < 4.78 is 24.7. The number of hydrogen-bond donors (Lipinski definition) is 1. The number of nitrogens with one attached hydrogen (secondary N) is 1. The molecule has 0 saturated carbocycles. The molecular formula is C16H12Br2N2O3S. The van der Waals surface area contributed by atoms with Crippen LogP contribution in [0.15, 0.2) is 45.5 Å². The van der Waals surface area contributed by atoms with Crippen LogP contribution >= 0.6 is 31.9 Å². The number of rotatable bonds is 4. The molecule has 0 fully saturated rings. The number of hydrogen-bond acceptors (Lipinski definition) is 4. The number of sulfone groups is 1. The van der Waals surface area contributed by atoms with Crippen molar-refractivity contribution in [2.75, 3.05) is 12.0 Å². The molecule has 0 spiro atoms. The number of carbonyl (C=O) groups is 1. The van der Waals surface area contributed by atoms with Gasteiger partial charge in [0.2, 0.25) is 0 Å². The van der Waals surface area contributed by atoms with Gasteiger partial charge in [-0.3, -0.25) is 9.78 Å². The number of pyridine rings is 1. The second-order valence-corrected chi connectivity index (χ2v) is 9.30. The van der Waals surface area contributed by atoms with E-state index in [1.54, 1.807) is 18.3 Å². The van der Waals surface area contributed by atoms with E-state index < -0.39 is 21.4 Å². The number of aromatic nitrogens is 2. The highest BCUT2D eigenvalue weighted by Crippen LogP contribution is 2.38. The van der Waals surface area contributed by atoms with Crippen molar-refractivity contribution in [3.8, 4) is 11.3 Å². The molecule has 0 aliphatic heterocycles. The molecule has 2 heterocycles. The smallest absolute Gasteiger partial charge is 0.194 e. The SMILES string of the molecule is CS(=O)(=O)CC(=O)c1[nH]c2cc(Br)cc(Br)c2c1-c1ccccn1. The first-order valence-corrected chi connectivity index (χ1v) is 10.5. The minimum Gasteiger partial charge on any atom is -0.351 e. The van der Waals surface area contributed by atoms with Crippen molar-refractivity contribution in [1.82, 2.24) is 9.97 Å². The number of Topliss-reactive ketones (excluding diaryl/α,β-unsaturated/α-hetero) is 1. The largest absolute Gasteiger partial charge is 0.351 e. The average Bonchev–Trinajstić information content (AvgIpc) is 2.86. The quantitative estimate of drug-likeness (QED) is 0.583. The molecule has 3 aromatic rings. The fourth-order valence-corrected chi connectivity index (χ4v) is 4.58. The Kier molecular flexibility index (Phi) is 4.63. The van der Waals surface area contributed by atoms with Gasteiger partial charge in [-0.1, -0.05) is 37.9 Å². The molecule has 0 saturated heterocycles. The Morgan fingerprint density at radius 2 is 2.00 bits per heavy atom. The fourth-order valence-electron chi connectivity index (χ4n) is 2.53. The van der Waals surface area contributed by atoms with E-state index >= 15 is 0 Å². The summed E-state index contributed by atoms with van der Waals surface area (Å²) in [6.07, 6.45) is 2.67. The summed E-state index contributed by atoms with van der Waals surface area (Å²) in [5.41, 5.74) is 2.16. The van der Waals surface area contributed by atoms with E-state index in [9.17, 15) is 13.2 Å². The second kappa shape index (κ2) is 6.42. The van der Waals surface area contributed by atoms with Gasteiger partial charge in [0.25, 0.3) is 0 Å². The maximum Gasteiger partial charge on any atom is 0.194 e. The number of carbonyl (C=O) groups excluding carboxylic acids is 1. The number of halogens is 2. The molecule has 24 heavy (non-hydrogen) atoms. The zero-order valence-electron chi connectivity index (χ0n) is 12.5. The Morgan fingerprint density at radius 3 is 2.62 bits per heavy atom. The van der Waals surface area contributed by atoms with Crippen LogP contribution in [0, 0.1) is 0 Å². The number of fused-ring (bicyclic) bond motifs is 1. The third kappa shape index (κ3) is 3.45. The third-order valence-corrected chi connectivity index (χ3v) is 5.28. The van der Waals surface area contributed by atoms with Crippen LogP contribution in [0.4, 0.5) is 0 Å². The minimum atomic E-state index is -3.44. The molecule has 0 bridgehead atoms. The first-order chi connectivity index (χ1) is 11.3. The van der Waals surface area contributed by atoms with E-state index in [-0.39, 0.29) is 5.69 Å². The highest BCUT2D eigenvalue weighted by molar-refractivity contribution is 9.11. The van der Waals surface area contributed by atoms with Crippen molar-refractivity contribution in [1.29, 1.82) is 0 Å². The highest BCUT2D eigenvalue weighted by Gasteiger charge is 2.24. The van der Waals surface area contributed by atoms with Gasteiger partial charge in [0, 0.05) is 37.9 Å². The number of ketones is 1. The van der Waals surface area contributed by atoms with Gasteiger partial charge in [-0.05, 0) is 24.3 Å². The molecule has 0 radical (unpaired) electrons. The predicted molar refractivity (Wildman–Crippen MR) is 101 cm³/mol. The summed E-state index contributed by atoms with van der Waals surface area (Å²) in [5, 5.41) is 0.786. The molecule has 0 aliphatic rings. The van der Waals surface area contributed by atoms with Crippen molar-refractivity contribution in [2.24, 2.45) is 0 Å². The lowest BCUT2D eigenvalue weighted by Gasteiger charge is -2.04. The van der Waals surface area contributed by atoms with Gasteiger partial charge < -0.3 is 4.98 Å². The van der Waals surface area contributed by atoms with Crippen LogP contribution in [0.2, 0.25) is 0 Å². The molecule has 0 aliphatic carbocycles. The van der Waals surface area contributed by atoms with Crippen LogP contribution in [0.5, 0.6) is 0 Å². The van der Waals surface area contributed by atoms with Crippen molar-refractivity contribution in [3.63, 3.8) is 0 Å². The van der Waals surface area contributed by atoms with Gasteiger partial charge in [0.05, 0.1) is 11.4 Å². The summed E-state index contributed by atoms with van der Waals surface area (Å²) in [6, 6.07) is 9.09. The highest BCUT2D eigenvalue weighted by atomic mass is 79.9. The van der Waals surface area contributed by atoms with Crippen molar-refractivity contribution in [2.45, 2.75) is 0 Å². The Morgan fingerprint density at radius 1 is 1.25 bits per heavy atom. The summed E-state index contributed by atoms with van der Waals surface area (Å²) in [5.74, 6) is -1.05. The minimum absolute atomic E-state index is 0.243. The summed E-state index contributed by atoms with van der Waals surface area (Å²) in [6.45, 7) is 0. The molecule has 0 atom stereocenters. The molecule has 5 nitrogen and oxygen atoms in total. The van der Waals surface area contributed by atoms with Crippen LogP contribution < -0.4 is 0 Å². The van der Waals surface area contributed by atoms with Gasteiger partial charge in [-0.25, -0.2) is 8.42 Å². The van der Waals surface area contributed by atoms with E-state index in [0.717, 1.165) is 20.6 Å². The maximum atomic E-state index is 12.6. The lowest BCUT2D eigenvalue weighted by atomic mass is 10.1. The Balaban J connectivity index is 2.33. The van der Waals surface area contributed by atoms with Crippen molar-refractivity contribution < 1.29 is 13.2 Å². The standard InChI is InChI=1S/C16H12Br2N2O3S/c1-24(22,23)8-13(21)16-15(11-4-2-3-5-19-11)14-10(18)6-9(17)7-12(14)20-16/h2-7,20H,8H2,1H3. The van der Waals surface area contributed by atoms with E-state index in [2.05, 4.69) is 41.8 Å². The summed E-state index contributed by atoms with van der Waals surface area (Å²) in [4.78, 5) is 19.9. The fraction of sp³-hybridized carbons (Fsp3) is 0.125. The van der Waals surface area contributed by atoms with Crippen molar-refractivity contribution >= 4 is 58.4 Å². The molecule has 1 N–H and O–H groups in total. The summed E-state index contributed by atoms with van der Waals surface area (Å²) >= 11 is 6.93. The van der Waals surface area contributed by atoms with Crippen LogP contribution in [-0.4, -0.2) is 36.2 Å². The van der Waals surface area contributed by atoms with Crippen molar-refractivity contribution in [3.05, 3.63) is 51.2 Å². The molecule has 0 amide bonds. The Hall–Kier alpha value is -1.51. The van der Waals surface area contributed by atoms with Crippen LogP contribution in [0.25, 0.3) is 22.2 Å². The average molecular weight is 472 g/mol. The zero-order chi connectivity index (χ0) is 17.5. The number of aromatic amines is 1. The molecule has 3 rings (SSSR count). The molecule has 124 valence electrons. The maximum absolute atomic E-state index is 12.6. The van der Waals surface area contributed by atoms with E-state index in [0.29, 0.717) is 16.8 Å². The number of benzene rings is 1. The normalized spacial score (nSPS) is 11.8. The van der Waals surface area contributed by atoms with E-state index in [1.165, 1.54) is 0 Å². The lowest BCUT2D eigenvalue weighted by molar-refractivity contribution is 0.101. The number of nitrogens with zero attached hydrogens (tertiary/aromatic N) is 1. The van der Waals surface area contributed by atoms with Crippen LogP contribution in [0.1, 0.15) is 10.5 Å².